The van der Waals surface area contributed by atoms with E-state index in [-0.39, 0.29) is 16.7 Å². The van der Waals surface area contributed by atoms with Crippen molar-refractivity contribution in [1.82, 2.24) is 28.7 Å². The predicted octanol–water partition coefficient (Wildman–Crippen LogP) is -5.83. The van der Waals surface area contributed by atoms with Gasteiger partial charge in [0.15, 0.2) is 5.72 Å². The van der Waals surface area contributed by atoms with E-state index in [1.807, 2.05) is 0 Å². The maximum absolute atomic E-state index is 14.1. The standard InChI is InChI=1S/C30H38N6O15/c1-12-6-34(25(46)31-22(12)43)28(4-15(40)17(9-37)49-28)21-20(42)19(11-39)51-30(21,36-8-14(3)24(45)33-27(36)48)29(5-16(41)18(10-38)50-29)35-7-13(2)23(44)32-26(35)47/h6-8,15-21,37-42H,4-5,9-11H2,1-3H3,(H,31,43,46)(H,32,44,47)(H,33,45,48)/t15-,16-,17+,18+,19+,20+,21?,28-,29-,30-/m0/s1. The minimum atomic E-state index is -2.88. The first-order chi connectivity index (χ1) is 24.0. The summed E-state index contributed by atoms with van der Waals surface area (Å²) in [6.07, 6.45) is -8.61. The molecule has 3 aromatic rings. The van der Waals surface area contributed by atoms with E-state index < -0.39 is 126 Å². The molecule has 0 saturated carbocycles. The van der Waals surface area contributed by atoms with Gasteiger partial charge in [-0.3, -0.25) is 43.0 Å². The van der Waals surface area contributed by atoms with E-state index in [0.29, 0.717) is 4.57 Å². The molecule has 3 aromatic heterocycles. The molecular weight excluding hydrogens is 684 g/mol. The third-order valence-corrected chi connectivity index (χ3v) is 10.1. The summed E-state index contributed by atoms with van der Waals surface area (Å²) in [5.74, 6) is -2.05. The molecule has 9 N–H and O–H groups in total. The number of nitrogens with one attached hydrogen (secondary N) is 3. The smallest absolute Gasteiger partial charge is 0.330 e. The lowest BCUT2D eigenvalue weighted by atomic mass is 9.73. The van der Waals surface area contributed by atoms with Crippen molar-refractivity contribution in [2.75, 3.05) is 19.8 Å². The highest BCUT2D eigenvalue weighted by Crippen LogP contribution is 2.61. The number of aryl methyl sites for hydroxylation is 3. The van der Waals surface area contributed by atoms with Crippen LogP contribution in [0, 0.1) is 26.7 Å². The fourth-order valence-corrected chi connectivity index (χ4v) is 7.76. The van der Waals surface area contributed by atoms with Crippen molar-refractivity contribution in [3.8, 4) is 0 Å². The number of aliphatic hydroxyl groups is 6. The summed E-state index contributed by atoms with van der Waals surface area (Å²) in [5.41, 5.74) is -14.6. The Balaban J connectivity index is 1.87. The Kier molecular flexibility index (Phi) is 9.09. The van der Waals surface area contributed by atoms with E-state index in [4.69, 9.17) is 14.2 Å². The molecular formula is C30H38N6O15. The van der Waals surface area contributed by atoms with Gasteiger partial charge in [-0.15, -0.1) is 0 Å². The van der Waals surface area contributed by atoms with Crippen LogP contribution in [0.1, 0.15) is 29.5 Å². The molecule has 6 rings (SSSR count). The van der Waals surface area contributed by atoms with E-state index >= 15 is 0 Å². The molecule has 10 atom stereocenters. The summed E-state index contributed by atoms with van der Waals surface area (Å²) >= 11 is 0. The molecule has 0 spiro atoms. The van der Waals surface area contributed by atoms with Crippen LogP contribution in [0.15, 0.2) is 47.4 Å². The summed E-state index contributed by atoms with van der Waals surface area (Å²) in [7, 11) is 0. The van der Waals surface area contributed by atoms with Gasteiger partial charge in [0.05, 0.1) is 44.1 Å². The van der Waals surface area contributed by atoms with Crippen molar-refractivity contribution < 1.29 is 44.8 Å². The van der Waals surface area contributed by atoms with E-state index in [1.165, 1.54) is 20.8 Å². The number of aromatic amines is 3. The van der Waals surface area contributed by atoms with Crippen LogP contribution < -0.4 is 33.7 Å². The number of nitrogens with zero attached hydrogens (tertiary/aromatic N) is 3. The van der Waals surface area contributed by atoms with Crippen molar-refractivity contribution in [1.29, 1.82) is 0 Å². The average molecular weight is 723 g/mol. The highest BCUT2D eigenvalue weighted by Gasteiger charge is 2.78. The molecule has 21 nitrogen and oxygen atoms in total. The number of ether oxygens (including phenoxy) is 3. The number of H-pyrrole nitrogens is 3. The average Bonchev–Trinajstić information content (AvgIpc) is 3.71. The molecule has 3 saturated heterocycles. The zero-order valence-electron chi connectivity index (χ0n) is 27.5. The second-order valence-electron chi connectivity index (χ2n) is 13.2. The Hall–Kier alpha value is -4.32. The SMILES string of the molecule is Cc1cn([C@@]2(C3[C@H](O)[C@@H](CO)O[C@]3(n3cc(C)c(=O)[nH]c3=O)[C@]3(n4cc(C)c(=O)[nH]c4=O)C[C@H](O)[C@@H](CO)O3)C[C@H](O)[C@@H](CO)O2)c(=O)[nH]c1=O. The van der Waals surface area contributed by atoms with E-state index in [0.717, 1.165) is 27.7 Å². The third kappa shape index (κ3) is 5.18. The van der Waals surface area contributed by atoms with Crippen LogP contribution in [0.25, 0.3) is 0 Å². The van der Waals surface area contributed by atoms with Crippen molar-refractivity contribution in [3.05, 3.63) is 97.8 Å². The van der Waals surface area contributed by atoms with E-state index in [2.05, 4.69) is 15.0 Å². The first-order valence-electron chi connectivity index (χ1n) is 15.9. The zero-order valence-corrected chi connectivity index (χ0v) is 27.5. The number of aromatic nitrogens is 6. The van der Waals surface area contributed by atoms with Gasteiger partial charge in [0, 0.05) is 48.1 Å². The summed E-state index contributed by atoms with van der Waals surface area (Å²) in [5, 5.41) is 66.1. The maximum Gasteiger partial charge on any atom is 0.330 e. The molecule has 3 aliphatic rings. The van der Waals surface area contributed by atoms with Gasteiger partial charge in [0.25, 0.3) is 16.7 Å². The summed E-state index contributed by atoms with van der Waals surface area (Å²) in [6.45, 7) is 1.16. The minimum absolute atomic E-state index is 0.0793. The topological polar surface area (TPSA) is 314 Å². The molecule has 0 amide bonds. The van der Waals surface area contributed by atoms with Crippen LogP contribution in [0.3, 0.4) is 0 Å². The number of hydrogen-bond donors (Lipinski definition) is 9. The second-order valence-corrected chi connectivity index (χ2v) is 13.2. The Morgan fingerprint density at radius 2 is 1.06 bits per heavy atom. The summed E-state index contributed by atoms with van der Waals surface area (Å²) < 4.78 is 21.4. The Labute approximate surface area is 284 Å². The van der Waals surface area contributed by atoms with Gasteiger partial charge in [-0.2, -0.15) is 0 Å². The molecule has 0 bridgehead atoms. The van der Waals surface area contributed by atoms with Crippen molar-refractivity contribution in [3.63, 3.8) is 0 Å². The first kappa shape index (κ1) is 36.5. The fourth-order valence-electron chi connectivity index (χ4n) is 7.76. The molecule has 6 heterocycles. The lowest BCUT2D eigenvalue weighted by Gasteiger charge is -2.53. The van der Waals surface area contributed by atoms with E-state index in [1.54, 1.807) is 0 Å². The Bertz CT molecular complexity index is 2210. The highest BCUT2D eigenvalue weighted by molar-refractivity contribution is 5.21. The summed E-state index contributed by atoms with van der Waals surface area (Å²) in [6, 6.07) is 0. The van der Waals surface area contributed by atoms with Crippen LogP contribution in [0.4, 0.5) is 0 Å². The van der Waals surface area contributed by atoms with Crippen molar-refractivity contribution in [2.24, 2.45) is 5.92 Å². The molecule has 3 aliphatic heterocycles. The van der Waals surface area contributed by atoms with Crippen LogP contribution >= 0.6 is 0 Å². The van der Waals surface area contributed by atoms with Crippen LogP contribution in [-0.2, 0) is 31.4 Å². The zero-order chi connectivity index (χ0) is 37.4. The van der Waals surface area contributed by atoms with Gasteiger partial charge >= 0.3 is 17.1 Å². The monoisotopic (exact) mass is 722 g/mol. The molecule has 0 aliphatic carbocycles. The van der Waals surface area contributed by atoms with Gasteiger partial charge in [0.1, 0.15) is 18.3 Å². The third-order valence-electron chi connectivity index (χ3n) is 10.1. The summed E-state index contributed by atoms with van der Waals surface area (Å²) in [4.78, 5) is 86.1. The molecule has 278 valence electrons. The molecule has 51 heavy (non-hydrogen) atoms. The highest BCUT2D eigenvalue weighted by atomic mass is 16.6. The second kappa shape index (κ2) is 12.7. The molecule has 3 fully saturated rings. The van der Waals surface area contributed by atoms with Gasteiger partial charge in [-0.05, 0) is 20.8 Å². The first-order valence-corrected chi connectivity index (χ1v) is 15.9. The molecule has 0 radical (unpaired) electrons. The van der Waals surface area contributed by atoms with Gasteiger partial charge in [-0.1, -0.05) is 0 Å². The molecule has 0 aromatic carbocycles. The van der Waals surface area contributed by atoms with Gasteiger partial charge < -0.3 is 44.8 Å². The van der Waals surface area contributed by atoms with Crippen LogP contribution in [0.2, 0.25) is 0 Å². The van der Waals surface area contributed by atoms with Crippen molar-refractivity contribution in [2.45, 2.75) is 87.4 Å². The molecule has 1 unspecified atom stereocenters. The largest absolute Gasteiger partial charge is 0.394 e. The quantitative estimate of drug-likeness (QED) is 0.105. The van der Waals surface area contributed by atoms with Gasteiger partial charge in [-0.25, -0.2) is 14.4 Å². The van der Waals surface area contributed by atoms with Crippen LogP contribution in [-0.4, -0.2) is 116 Å². The van der Waals surface area contributed by atoms with Crippen molar-refractivity contribution >= 4 is 0 Å². The fraction of sp³-hybridized carbons (Fsp3) is 0.600. The minimum Gasteiger partial charge on any atom is -0.394 e. The maximum atomic E-state index is 14.1. The Morgan fingerprint density at radius 3 is 1.55 bits per heavy atom. The lowest BCUT2D eigenvalue weighted by Crippen LogP contribution is -2.70. The van der Waals surface area contributed by atoms with E-state index in [9.17, 15) is 59.4 Å². The number of rotatable bonds is 8. The Morgan fingerprint density at radius 1 is 0.627 bits per heavy atom. The lowest BCUT2D eigenvalue weighted by molar-refractivity contribution is -0.328. The normalized spacial score (nSPS) is 35.1. The molecule has 21 heteroatoms. The van der Waals surface area contributed by atoms with Gasteiger partial charge in [0.2, 0.25) is 11.4 Å². The predicted molar refractivity (Wildman–Crippen MR) is 169 cm³/mol. The number of hydrogen-bond acceptors (Lipinski definition) is 15. The number of aliphatic hydroxyl groups excluding tert-OH is 6. The van der Waals surface area contributed by atoms with Crippen LogP contribution in [0.5, 0.6) is 0 Å².